The van der Waals surface area contributed by atoms with E-state index in [4.69, 9.17) is 18.9 Å². The first-order valence-corrected chi connectivity index (χ1v) is 26.0. The highest BCUT2D eigenvalue weighted by Crippen LogP contribution is 2.30. The van der Waals surface area contributed by atoms with Crippen molar-refractivity contribution in [1.29, 1.82) is 0 Å². The van der Waals surface area contributed by atoms with Crippen LogP contribution in [-0.2, 0) is 23.7 Å². The van der Waals surface area contributed by atoms with Gasteiger partial charge in [-0.1, -0.05) is 192 Å². The number of carbonyl (C=O) groups is 1. The van der Waals surface area contributed by atoms with Crippen molar-refractivity contribution in [2.45, 2.75) is 274 Å². The lowest BCUT2D eigenvalue weighted by atomic mass is 9.97. The van der Waals surface area contributed by atoms with Crippen LogP contribution in [-0.4, -0.2) is 140 Å². The van der Waals surface area contributed by atoms with Crippen molar-refractivity contribution >= 4 is 5.91 Å². The highest BCUT2D eigenvalue weighted by atomic mass is 16.7. The van der Waals surface area contributed by atoms with E-state index in [0.717, 1.165) is 12.8 Å². The molecule has 2 rings (SSSR count). The molecule has 1 amide bonds. The zero-order chi connectivity index (χ0) is 47.5. The molecule has 0 aromatic rings. The number of unbranched alkanes of at least 4 members (excludes halogenated alkanes) is 27. The summed E-state index contributed by atoms with van der Waals surface area (Å²) in [6.45, 7) is 1.83. The monoisotopic (exact) mass is 930 g/mol. The van der Waals surface area contributed by atoms with Gasteiger partial charge in [-0.2, -0.15) is 0 Å². The predicted octanol–water partition coefficient (Wildman–Crippen LogP) is 6.94. The molecule has 0 radical (unpaired) electrons. The molecule has 2 fully saturated rings. The van der Waals surface area contributed by atoms with Crippen LogP contribution in [0.4, 0.5) is 0 Å². The minimum absolute atomic E-state index is 0.324. The Kier molecular flexibility index (Phi) is 35.1. The zero-order valence-electron chi connectivity index (χ0n) is 40.5. The Balaban J connectivity index is 1.48. The maximum Gasteiger partial charge on any atom is 0.217 e. The van der Waals surface area contributed by atoms with E-state index in [9.17, 15) is 45.6 Å². The number of allylic oxidation sites excluding steroid dienone is 3. The van der Waals surface area contributed by atoms with Gasteiger partial charge in [-0.15, -0.1) is 0 Å². The van der Waals surface area contributed by atoms with Crippen LogP contribution in [0.1, 0.15) is 200 Å². The number of nitrogens with one attached hydrogen (secondary N) is 1. The summed E-state index contributed by atoms with van der Waals surface area (Å²) in [5, 5.41) is 85.1. The van der Waals surface area contributed by atoms with Crippen molar-refractivity contribution < 1.29 is 64.6 Å². The van der Waals surface area contributed by atoms with Gasteiger partial charge in [0.2, 0.25) is 5.91 Å². The van der Waals surface area contributed by atoms with E-state index in [2.05, 4.69) is 24.4 Å². The molecule has 0 aromatic carbocycles. The van der Waals surface area contributed by atoms with E-state index in [1.807, 2.05) is 6.08 Å². The molecule has 65 heavy (non-hydrogen) atoms. The van der Waals surface area contributed by atoms with Gasteiger partial charge < -0.3 is 65.1 Å². The maximum atomic E-state index is 11.9. The van der Waals surface area contributed by atoms with Crippen molar-refractivity contribution in [2.75, 3.05) is 19.8 Å². The zero-order valence-corrected chi connectivity index (χ0v) is 40.5. The molecule has 2 saturated heterocycles. The Morgan fingerprint density at radius 1 is 0.538 bits per heavy atom. The first-order chi connectivity index (χ1) is 31.5. The molecule has 14 nitrogen and oxygen atoms in total. The smallest absolute Gasteiger partial charge is 0.217 e. The molecule has 12 atom stereocenters. The Hall–Kier alpha value is -1.53. The molecule has 0 aliphatic carbocycles. The first-order valence-electron chi connectivity index (χ1n) is 26.0. The van der Waals surface area contributed by atoms with Crippen molar-refractivity contribution in [3.8, 4) is 0 Å². The Morgan fingerprint density at radius 2 is 0.954 bits per heavy atom. The molecule has 12 unspecified atom stereocenters. The van der Waals surface area contributed by atoms with Gasteiger partial charge in [0, 0.05) is 6.92 Å². The number of ether oxygens (including phenoxy) is 4. The number of hydrogen-bond donors (Lipinski definition) is 9. The normalized spacial score (nSPS) is 27.2. The second-order valence-electron chi connectivity index (χ2n) is 18.7. The summed E-state index contributed by atoms with van der Waals surface area (Å²) >= 11 is 0. The van der Waals surface area contributed by atoms with Crippen LogP contribution in [0, 0.1) is 0 Å². The van der Waals surface area contributed by atoms with Crippen molar-refractivity contribution in [3.63, 3.8) is 0 Å². The van der Waals surface area contributed by atoms with Gasteiger partial charge in [0.05, 0.1) is 32.0 Å². The van der Waals surface area contributed by atoms with Crippen molar-refractivity contribution in [1.82, 2.24) is 5.32 Å². The van der Waals surface area contributed by atoms with Gasteiger partial charge in [-0.25, -0.2) is 0 Å². The summed E-state index contributed by atoms with van der Waals surface area (Å²) in [7, 11) is 0. The van der Waals surface area contributed by atoms with Crippen LogP contribution in [0.25, 0.3) is 0 Å². The lowest BCUT2D eigenvalue weighted by molar-refractivity contribution is -0.359. The third kappa shape index (κ3) is 26.1. The number of aliphatic hydroxyl groups excluding tert-OH is 8. The van der Waals surface area contributed by atoms with E-state index in [0.29, 0.717) is 6.42 Å². The summed E-state index contributed by atoms with van der Waals surface area (Å²) < 4.78 is 22.2. The molecule has 0 aromatic heterocycles. The third-order valence-electron chi connectivity index (χ3n) is 12.9. The van der Waals surface area contributed by atoms with Gasteiger partial charge in [-0.3, -0.25) is 4.79 Å². The molecule has 2 heterocycles. The highest BCUT2D eigenvalue weighted by molar-refractivity contribution is 5.73. The summed E-state index contributed by atoms with van der Waals surface area (Å²) in [5.74, 6) is -0.425. The fourth-order valence-electron chi connectivity index (χ4n) is 8.75. The number of rotatable bonds is 40. The van der Waals surface area contributed by atoms with E-state index >= 15 is 0 Å². The van der Waals surface area contributed by atoms with Crippen molar-refractivity contribution in [3.05, 3.63) is 24.3 Å². The van der Waals surface area contributed by atoms with Crippen LogP contribution < -0.4 is 5.32 Å². The quantitative estimate of drug-likeness (QED) is 0.0225. The largest absolute Gasteiger partial charge is 0.394 e. The van der Waals surface area contributed by atoms with E-state index in [1.54, 1.807) is 6.08 Å². The van der Waals surface area contributed by atoms with Crippen LogP contribution in [0.2, 0.25) is 0 Å². The molecule has 14 heteroatoms. The number of hydrogen-bond acceptors (Lipinski definition) is 13. The minimum atomic E-state index is -1.79. The standard InChI is InChI=1S/C51H95NO13/c1-3-4-5-6-7-8-9-10-11-12-13-14-15-16-17-18-19-20-21-22-23-24-25-26-27-28-29-30-31-32-33-34-35-41(56)40(52-39(2)55)38-62-50-48(61)46(59)49(43(37-54)64-50)65-51-47(60)45(58)44(57)42(36-53)63-51/h30-31,34-35,40-51,53-54,56-61H,3-29,32-33,36-38H2,1-2H3,(H,52,55)/b31-30+,35-34+. The van der Waals surface area contributed by atoms with Crippen LogP contribution >= 0.6 is 0 Å². The topological polar surface area (TPSA) is 228 Å². The molecule has 0 spiro atoms. The van der Waals surface area contributed by atoms with E-state index in [1.165, 1.54) is 174 Å². The van der Waals surface area contributed by atoms with Crippen LogP contribution in [0.15, 0.2) is 24.3 Å². The van der Waals surface area contributed by atoms with Crippen molar-refractivity contribution in [2.24, 2.45) is 0 Å². The molecular weight excluding hydrogens is 835 g/mol. The van der Waals surface area contributed by atoms with Gasteiger partial charge in [0.1, 0.15) is 48.8 Å². The lowest BCUT2D eigenvalue weighted by Crippen LogP contribution is -2.65. The fourth-order valence-corrected chi connectivity index (χ4v) is 8.75. The SMILES string of the molecule is CCCCCCCCCCCCCCCCCCCCCCCCCCCC/C=C/CC/C=C/C(O)C(COC1OC(CO)C(OC2OC(CO)C(O)C(O)C2O)C(O)C1O)NC(C)=O. The van der Waals surface area contributed by atoms with Crippen LogP contribution in [0.3, 0.4) is 0 Å². The number of carbonyl (C=O) groups excluding carboxylic acids is 1. The Labute approximate surface area is 392 Å². The second-order valence-corrected chi connectivity index (χ2v) is 18.7. The third-order valence-corrected chi connectivity index (χ3v) is 12.9. The predicted molar refractivity (Wildman–Crippen MR) is 254 cm³/mol. The second kappa shape index (κ2) is 38.3. The molecule has 382 valence electrons. The minimum Gasteiger partial charge on any atom is -0.394 e. The number of amides is 1. The first kappa shape index (κ1) is 59.6. The Morgan fingerprint density at radius 3 is 1.42 bits per heavy atom. The lowest BCUT2D eigenvalue weighted by Gasteiger charge is -2.46. The average molecular weight is 930 g/mol. The van der Waals surface area contributed by atoms with Gasteiger partial charge >= 0.3 is 0 Å². The van der Waals surface area contributed by atoms with E-state index in [-0.39, 0.29) is 6.61 Å². The molecule has 2 aliphatic rings. The fraction of sp³-hybridized carbons (Fsp3) is 0.902. The summed E-state index contributed by atoms with van der Waals surface area (Å²) in [6.07, 6.45) is 29.5. The van der Waals surface area contributed by atoms with Gasteiger partial charge in [-0.05, 0) is 25.7 Å². The molecule has 0 bridgehead atoms. The molecule has 0 saturated carbocycles. The van der Waals surface area contributed by atoms with Crippen LogP contribution in [0.5, 0.6) is 0 Å². The molecule has 9 N–H and O–H groups in total. The number of aliphatic hydroxyl groups is 8. The summed E-state index contributed by atoms with van der Waals surface area (Å²) in [6, 6.07) is -0.929. The van der Waals surface area contributed by atoms with Gasteiger partial charge in [0.15, 0.2) is 12.6 Å². The summed E-state index contributed by atoms with van der Waals surface area (Å²) in [4.78, 5) is 11.9. The van der Waals surface area contributed by atoms with E-state index < -0.39 is 92.7 Å². The molecular formula is C51H95NO13. The summed E-state index contributed by atoms with van der Waals surface area (Å²) in [5.41, 5.74) is 0. The average Bonchev–Trinajstić information content (AvgIpc) is 3.29. The Bertz CT molecular complexity index is 1190. The van der Waals surface area contributed by atoms with Gasteiger partial charge in [0.25, 0.3) is 0 Å². The molecule has 2 aliphatic heterocycles. The highest BCUT2D eigenvalue weighted by Gasteiger charge is 2.51. The maximum absolute atomic E-state index is 11.9.